The molecular weight excluding hydrogens is 611 g/mol. The van der Waals surface area contributed by atoms with Gasteiger partial charge in [0.1, 0.15) is 29.9 Å². The van der Waals surface area contributed by atoms with E-state index in [0.717, 1.165) is 35.5 Å². The Bertz CT molecular complexity index is 1280. The van der Waals surface area contributed by atoms with Gasteiger partial charge in [-0.2, -0.15) is 0 Å². The molecule has 0 unspecified atom stereocenters. The van der Waals surface area contributed by atoms with Gasteiger partial charge in [0, 0.05) is 36.0 Å². The predicted octanol–water partition coefficient (Wildman–Crippen LogP) is 4.14. The molecule has 0 spiro atoms. The third kappa shape index (κ3) is 9.87. The van der Waals surface area contributed by atoms with Crippen LogP contribution in [0.5, 0.6) is 5.75 Å². The number of carbonyl (C=O) groups excluding carboxylic acids is 4. The van der Waals surface area contributed by atoms with Crippen LogP contribution in [0.2, 0.25) is 0 Å². The molecule has 2 aliphatic rings. The lowest BCUT2D eigenvalue weighted by molar-refractivity contribution is -0.144. The van der Waals surface area contributed by atoms with Crippen LogP contribution in [0.4, 0.5) is 0 Å². The first-order valence-corrected chi connectivity index (χ1v) is 18.2. The second kappa shape index (κ2) is 17.4. The van der Waals surface area contributed by atoms with Gasteiger partial charge in [0.2, 0.25) is 23.6 Å². The monoisotopic (exact) mass is 655 g/mol. The molecule has 5 atom stereocenters. The smallest absolute Gasteiger partial charge is 0.246 e. The van der Waals surface area contributed by atoms with Crippen molar-refractivity contribution >= 4 is 45.2 Å². The average molecular weight is 656 g/mol. The molecule has 10 nitrogen and oxygen atoms in total. The van der Waals surface area contributed by atoms with Crippen LogP contribution in [0.25, 0.3) is 0 Å². The Morgan fingerprint density at radius 3 is 2.36 bits per heavy atom. The number of benzene rings is 1. The molecule has 0 saturated carbocycles. The molecule has 2 aromatic rings. The molecule has 45 heavy (non-hydrogen) atoms. The van der Waals surface area contributed by atoms with Crippen LogP contribution in [0.1, 0.15) is 64.4 Å². The standard InChI is InChI=1S/C33H45N5O5S2/c1-4-22(2)29-33(42)38-19-8-10-28(38)32(41)35-26(9-6-5-7-20-44-45-25-15-17-34-18-16-25)30(39)36-27(31(40)37-29)21-23-11-13-24(43-3)14-12-23/h11-18,22,26-29H,4-10,19-21H2,1-3H3,(H,35,41)(H,36,39)(H,37,40)/t22-,26-,27+,28+,29-/m0/s1. The Hall–Kier alpha value is -3.25. The van der Waals surface area contributed by atoms with Gasteiger partial charge in [0.25, 0.3) is 0 Å². The van der Waals surface area contributed by atoms with Crippen molar-refractivity contribution in [3.63, 3.8) is 0 Å². The summed E-state index contributed by atoms with van der Waals surface area (Å²) in [4.78, 5) is 61.7. The Morgan fingerprint density at radius 2 is 1.64 bits per heavy atom. The second-order valence-electron chi connectivity index (χ2n) is 11.7. The fourth-order valence-electron chi connectivity index (χ4n) is 5.62. The molecule has 4 rings (SSSR count). The lowest BCUT2D eigenvalue weighted by atomic mass is 9.95. The summed E-state index contributed by atoms with van der Waals surface area (Å²) in [5, 5.41) is 8.86. The molecule has 1 aromatic heterocycles. The first-order valence-electron chi connectivity index (χ1n) is 15.8. The van der Waals surface area contributed by atoms with E-state index in [1.807, 2.05) is 38.1 Å². The van der Waals surface area contributed by atoms with Crippen LogP contribution in [-0.4, -0.2) is 77.1 Å². The summed E-state index contributed by atoms with van der Waals surface area (Å²) in [6, 6.07) is 8.08. The number of hydrogen-bond acceptors (Lipinski definition) is 8. The second-order valence-corrected chi connectivity index (χ2v) is 14.2. The third-order valence-corrected chi connectivity index (χ3v) is 11.0. The number of nitrogens with one attached hydrogen (secondary N) is 3. The Kier molecular flexibility index (Phi) is 13.4. The number of carbonyl (C=O) groups is 4. The molecule has 4 amide bonds. The molecule has 2 saturated heterocycles. The van der Waals surface area contributed by atoms with Crippen molar-refractivity contribution in [2.24, 2.45) is 5.92 Å². The number of fused-ring (bicyclic) bond motifs is 1. The van der Waals surface area contributed by atoms with Gasteiger partial charge in [-0.15, -0.1) is 0 Å². The van der Waals surface area contributed by atoms with E-state index in [-0.39, 0.29) is 24.2 Å². The van der Waals surface area contributed by atoms with Crippen LogP contribution in [-0.2, 0) is 25.6 Å². The third-order valence-electron chi connectivity index (χ3n) is 8.51. The predicted molar refractivity (Wildman–Crippen MR) is 178 cm³/mol. The molecule has 2 fully saturated rings. The van der Waals surface area contributed by atoms with Crippen LogP contribution in [0.15, 0.2) is 53.7 Å². The normalized spacial score (nSPS) is 23.2. The molecule has 0 radical (unpaired) electrons. The summed E-state index contributed by atoms with van der Waals surface area (Å²) in [5.41, 5.74) is 0.831. The van der Waals surface area contributed by atoms with Crippen LogP contribution < -0.4 is 20.7 Å². The number of nitrogens with zero attached hydrogens (tertiary/aromatic N) is 2. The Labute approximate surface area is 274 Å². The first kappa shape index (κ1) is 34.6. The van der Waals surface area contributed by atoms with E-state index in [0.29, 0.717) is 38.0 Å². The highest BCUT2D eigenvalue weighted by Crippen LogP contribution is 2.31. The summed E-state index contributed by atoms with van der Waals surface area (Å²) in [5.74, 6) is 0.123. The molecule has 1 aromatic carbocycles. The highest BCUT2D eigenvalue weighted by Gasteiger charge is 2.41. The van der Waals surface area contributed by atoms with E-state index >= 15 is 0 Å². The van der Waals surface area contributed by atoms with Gasteiger partial charge in [0.05, 0.1) is 7.11 Å². The number of unbranched alkanes of at least 4 members (excludes halogenated alkanes) is 2. The van der Waals surface area contributed by atoms with E-state index in [1.165, 1.54) is 0 Å². The molecule has 3 N–H and O–H groups in total. The SMILES string of the molecule is CC[C@H](C)[C@@H]1NC(=O)[C@@H](Cc2ccc(OC)cc2)NC(=O)[C@H](CCCCCSSc2ccncc2)NC(=O)[C@H]2CCCN2C1=O. The van der Waals surface area contributed by atoms with Crippen molar-refractivity contribution in [3.05, 3.63) is 54.4 Å². The molecular formula is C33H45N5O5S2. The number of hydrogen-bond donors (Lipinski definition) is 3. The fraction of sp³-hybridized carbons (Fsp3) is 0.545. The maximum Gasteiger partial charge on any atom is 0.246 e. The van der Waals surface area contributed by atoms with E-state index in [9.17, 15) is 19.2 Å². The molecule has 244 valence electrons. The number of pyridine rings is 1. The van der Waals surface area contributed by atoms with Crippen molar-refractivity contribution in [1.82, 2.24) is 25.8 Å². The van der Waals surface area contributed by atoms with Crippen LogP contribution in [0, 0.1) is 5.92 Å². The summed E-state index contributed by atoms with van der Waals surface area (Å²) in [6.45, 7) is 4.33. The quantitative estimate of drug-likeness (QED) is 0.217. The molecule has 0 bridgehead atoms. The van der Waals surface area contributed by atoms with Gasteiger partial charge in [-0.25, -0.2) is 0 Å². The zero-order chi connectivity index (χ0) is 32.2. The van der Waals surface area contributed by atoms with Crippen molar-refractivity contribution in [2.45, 2.75) is 94.3 Å². The summed E-state index contributed by atoms with van der Waals surface area (Å²) >= 11 is 0. The van der Waals surface area contributed by atoms with Gasteiger partial charge in [0.15, 0.2) is 0 Å². The summed E-state index contributed by atoms with van der Waals surface area (Å²) in [6.07, 6.45) is 8.70. The van der Waals surface area contributed by atoms with Crippen molar-refractivity contribution in [1.29, 1.82) is 0 Å². The van der Waals surface area contributed by atoms with Gasteiger partial charge in [-0.1, -0.05) is 66.8 Å². The Balaban J connectivity index is 1.48. The van der Waals surface area contributed by atoms with Gasteiger partial charge in [-0.3, -0.25) is 24.2 Å². The number of ether oxygens (including phenoxy) is 1. The van der Waals surface area contributed by atoms with Gasteiger partial charge < -0.3 is 25.6 Å². The molecule has 0 aliphatic carbocycles. The van der Waals surface area contributed by atoms with E-state index in [1.54, 1.807) is 58.1 Å². The number of methoxy groups -OCH3 is 1. The topological polar surface area (TPSA) is 130 Å². The Morgan fingerprint density at radius 1 is 0.933 bits per heavy atom. The highest BCUT2D eigenvalue weighted by atomic mass is 33.1. The maximum absolute atomic E-state index is 13.8. The van der Waals surface area contributed by atoms with Crippen LogP contribution in [0.3, 0.4) is 0 Å². The fourth-order valence-corrected chi connectivity index (χ4v) is 7.74. The number of aromatic nitrogens is 1. The van der Waals surface area contributed by atoms with E-state index < -0.39 is 36.0 Å². The minimum atomic E-state index is -0.930. The van der Waals surface area contributed by atoms with Crippen molar-refractivity contribution < 1.29 is 23.9 Å². The molecule has 12 heteroatoms. The van der Waals surface area contributed by atoms with E-state index in [2.05, 4.69) is 20.9 Å². The minimum Gasteiger partial charge on any atom is -0.497 e. The van der Waals surface area contributed by atoms with Crippen molar-refractivity contribution in [3.8, 4) is 5.75 Å². The van der Waals surface area contributed by atoms with Gasteiger partial charge in [-0.05, 0) is 61.4 Å². The van der Waals surface area contributed by atoms with Crippen LogP contribution >= 0.6 is 21.6 Å². The maximum atomic E-state index is 13.8. The molecule has 2 aliphatic heterocycles. The lowest BCUT2D eigenvalue weighted by Crippen LogP contribution is -2.62. The van der Waals surface area contributed by atoms with Gasteiger partial charge >= 0.3 is 0 Å². The average Bonchev–Trinajstić information content (AvgIpc) is 3.56. The lowest BCUT2D eigenvalue weighted by Gasteiger charge is -2.34. The number of amides is 4. The summed E-state index contributed by atoms with van der Waals surface area (Å²) < 4.78 is 5.27. The van der Waals surface area contributed by atoms with E-state index in [4.69, 9.17) is 4.74 Å². The highest BCUT2D eigenvalue weighted by molar-refractivity contribution is 8.76. The summed E-state index contributed by atoms with van der Waals surface area (Å²) in [7, 11) is 5.08. The zero-order valence-electron chi connectivity index (χ0n) is 26.3. The molecule has 3 heterocycles. The zero-order valence-corrected chi connectivity index (χ0v) is 28.0. The first-order chi connectivity index (χ1) is 21.8. The number of rotatable bonds is 13. The van der Waals surface area contributed by atoms with Crippen molar-refractivity contribution in [2.75, 3.05) is 19.4 Å². The minimum absolute atomic E-state index is 0.153. The largest absolute Gasteiger partial charge is 0.497 e.